The number of benzene rings is 1. The van der Waals surface area contributed by atoms with Gasteiger partial charge in [0.1, 0.15) is 0 Å². The van der Waals surface area contributed by atoms with Crippen LogP contribution in [0.4, 0.5) is 5.95 Å². The molecule has 0 aliphatic rings. The van der Waals surface area contributed by atoms with Crippen LogP contribution in [0.1, 0.15) is 29.5 Å². The van der Waals surface area contributed by atoms with Crippen LogP contribution in [0.3, 0.4) is 0 Å². The fourth-order valence-corrected chi connectivity index (χ4v) is 2.72. The van der Waals surface area contributed by atoms with Gasteiger partial charge in [0, 0.05) is 17.2 Å². The lowest BCUT2D eigenvalue weighted by molar-refractivity contribution is 0.102. The standard InChI is InChI=1S/C17H18BrN5O/c1-3-4-13-9-14(22-21-13)16(24)20-17-19-10-15(23(17)2)11-5-7-12(18)8-6-11/h5-10H,3-4H2,1-2H3,(H,21,22)(H,19,20,24). The van der Waals surface area contributed by atoms with Crippen LogP contribution in [-0.2, 0) is 13.5 Å². The highest BCUT2D eigenvalue weighted by Crippen LogP contribution is 2.23. The minimum Gasteiger partial charge on any atom is -0.313 e. The molecule has 0 saturated carbocycles. The summed E-state index contributed by atoms with van der Waals surface area (Å²) >= 11 is 3.42. The molecule has 24 heavy (non-hydrogen) atoms. The zero-order chi connectivity index (χ0) is 17.1. The lowest BCUT2D eigenvalue weighted by Crippen LogP contribution is -2.15. The number of rotatable bonds is 5. The van der Waals surface area contributed by atoms with E-state index in [0.717, 1.165) is 34.3 Å². The van der Waals surface area contributed by atoms with Crippen molar-refractivity contribution in [3.63, 3.8) is 0 Å². The van der Waals surface area contributed by atoms with Gasteiger partial charge in [0.25, 0.3) is 5.91 Å². The number of carbonyl (C=O) groups excluding carboxylic acids is 1. The van der Waals surface area contributed by atoms with Gasteiger partial charge in [-0.3, -0.25) is 15.2 Å². The van der Waals surface area contributed by atoms with E-state index in [4.69, 9.17) is 0 Å². The van der Waals surface area contributed by atoms with Crippen molar-refractivity contribution in [1.82, 2.24) is 19.7 Å². The molecule has 124 valence electrons. The Balaban J connectivity index is 1.78. The maximum Gasteiger partial charge on any atom is 0.278 e. The second-order valence-electron chi connectivity index (χ2n) is 5.52. The van der Waals surface area contributed by atoms with Gasteiger partial charge >= 0.3 is 0 Å². The number of aryl methyl sites for hydroxylation is 1. The number of H-pyrrole nitrogens is 1. The van der Waals surface area contributed by atoms with Gasteiger partial charge in [-0.05, 0) is 30.2 Å². The van der Waals surface area contributed by atoms with Crippen molar-refractivity contribution >= 4 is 27.8 Å². The molecule has 0 aliphatic carbocycles. The minimum absolute atomic E-state index is 0.273. The maximum absolute atomic E-state index is 12.3. The fourth-order valence-electron chi connectivity index (χ4n) is 2.46. The number of hydrogen-bond acceptors (Lipinski definition) is 3. The number of nitrogens with one attached hydrogen (secondary N) is 2. The molecule has 2 aromatic heterocycles. The molecule has 0 bridgehead atoms. The van der Waals surface area contributed by atoms with E-state index in [0.29, 0.717) is 11.6 Å². The number of imidazole rings is 1. The van der Waals surface area contributed by atoms with Crippen LogP contribution in [0, 0.1) is 0 Å². The Bertz CT molecular complexity index is 850. The predicted molar refractivity (Wildman–Crippen MR) is 96.9 cm³/mol. The van der Waals surface area contributed by atoms with E-state index < -0.39 is 0 Å². The summed E-state index contributed by atoms with van der Waals surface area (Å²) in [6.45, 7) is 2.08. The van der Waals surface area contributed by atoms with E-state index >= 15 is 0 Å². The summed E-state index contributed by atoms with van der Waals surface area (Å²) in [4.78, 5) is 16.6. The molecule has 0 radical (unpaired) electrons. The number of nitrogens with zero attached hydrogens (tertiary/aromatic N) is 3. The van der Waals surface area contributed by atoms with Crippen LogP contribution in [0.15, 0.2) is 41.0 Å². The van der Waals surface area contributed by atoms with E-state index in [1.807, 2.05) is 35.9 Å². The fraction of sp³-hybridized carbons (Fsp3) is 0.235. The van der Waals surface area contributed by atoms with Gasteiger partial charge in [0.05, 0.1) is 11.9 Å². The summed E-state index contributed by atoms with van der Waals surface area (Å²) in [7, 11) is 1.87. The van der Waals surface area contributed by atoms with Crippen molar-refractivity contribution in [3.8, 4) is 11.3 Å². The van der Waals surface area contributed by atoms with Crippen LogP contribution in [0.25, 0.3) is 11.3 Å². The molecule has 0 atom stereocenters. The summed E-state index contributed by atoms with van der Waals surface area (Å²) in [5.41, 5.74) is 3.27. The van der Waals surface area contributed by atoms with Gasteiger partial charge in [-0.1, -0.05) is 41.4 Å². The molecule has 0 aliphatic heterocycles. The van der Waals surface area contributed by atoms with Crippen molar-refractivity contribution in [2.75, 3.05) is 5.32 Å². The summed E-state index contributed by atoms with van der Waals surface area (Å²) < 4.78 is 2.86. The Kier molecular flexibility index (Phi) is 4.80. The van der Waals surface area contributed by atoms with Crippen molar-refractivity contribution in [3.05, 3.63) is 52.4 Å². The third-order valence-corrected chi connectivity index (χ3v) is 4.27. The zero-order valence-corrected chi connectivity index (χ0v) is 15.1. The molecule has 2 heterocycles. The van der Waals surface area contributed by atoms with E-state index in [1.165, 1.54) is 0 Å². The molecule has 2 N–H and O–H groups in total. The topological polar surface area (TPSA) is 75.6 Å². The minimum atomic E-state index is -0.273. The number of amides is 1. The second-order valence-corrected chi connectivity index (χ2v) is 6.43. The third-order valence-electron chi connectivity index (χ3n) is 3.74. The molecule has 3 aromatic rings. The molecular formula is C17H18BrN5O. The Labute approximate surface area is 148 Å². The molecule has 7 heteroatoms. The van der Waals surface area contributed by atoms with E-state index in [1.54, 1.807) is 12.3 Å². The highest BCUT2D eigenvalue weighted by Gasteiger charge is 2.15. The van der Waals surface area contributed by atoms with Crippen molar-refractivity contribution in [1.29, 1.82) is 0 Å². The average Bonchev–Trinajstić information content (AvgIpc) is 3.17. The van der Waals surface area contributed by atoms with Crippen LogP contribution in [0.2, 0.25) is 0 Å². The quantitative estimate of drug-likeness (QED) is 0.699. The largest absolute Gasteiger partial charge is 0.313 e. The number of aromatic amines is 1. The number of carbonyl (C=O) groups is 1. The first-order valence-corrected chi connectivity index (χ1v) is 8.51. The van der Waals surface area contributed by atoms with Crippen molar-refractivity contribution < 1.29 is 4.79 Å². The highest BCUT2D eigenvalue weighted by atomic mass is 79.9. The summed E-state index contributed by atoms with van der Waals surface area (Å²) in [6, 6.07) is 9.71. The lowest BCUT2D eigenvalue weighted by atomic mass is 10.2. The smallest absolute Gasteiger partial charge is 0.278 e. The van der Waals surface area contributed by atoms with E-state index in [2.05, 4.69) is 43.4 Å². The van der Waals surface area contributed by atoms with Gasteiger partial charge in [-0.2, -0.15) is 5.10 Å². The third kappa shape index (κ3) is 3.41. The Morgan fingerprint density at radius 3 is 2.79 bits per heavy atom. The van der Waals surface area contributed by atoms with Gasteiger partial charge in [0.2, 0.25) is 5.95 Å². The number of anilines is 1. The highest BCUT2D eigenvalue weighted by molar-refractivity contribution is 9.10. The first-order valence-electron chi connectivity index (χ1n) is 7.71. The van der Waals surface area contributed by atoms with E-state index in [9.17, 15) is 4.79 Å². The number of hydrogen-bond donors (Lipinski definition) is 2. The molecular weight excluding hydrogens is 370 g/mol. The predicted octanol–water partition coefficient (Wildman–Crippen LogP) is 3.78. The van der Waals surface area contributed by atoms with Crippen LogP contribution < -0.4 is 5.32 Å². The van der Waals surface area contributed by atoms with Gasteiger partial charge in [-0.25, -0.2) is 4.98 Å². The molecule has 0 fully saturated rings. The monoisotopic (exact) mass is 387 g/mol. The SMILES string of the molecule is CCCc1cc(C(=O)Nc2ncc(-c3ccc(Br)cc3)n2C)n[nH]1. The van der Waals surface area contributed by atoms with E-state index in [-0.39, 0.29) is 5.91 Å². The molecule has 6 nitrogen and oxygen atoms in total. The second kappa shape index (κ2) is 7.00. The molecule has 0 saturated heterocycles. The molecule has 1 amide bonds. The molecule has 3 rings (SSSR count). The molecule has 1 aromatic carbocycles. The Hall–Kier alpha value is -2.41. The number of aromatic nitrogens is 4. The number of halogens is 1. The summed E-state index contributed by atoms with van der Waals surface area (Å²) in [6.07, 6.45) is 3.61. The van der Waals surface area contributed by atoms with Crippen LogP contribution in [-0.4, -0.2) is 25.7 Å². The average molecular weight is 388 g/mol. The van der Waals surface area contributed by atoms with Gasteiger partial charge < -0.3 is 4.57 Å². The molecule has 0 spiro atoms. The summed E-state index contributed by atoms with van der Waals surface area (Å²) in [5, 5.41) is 9.74. The van der Waals surface area contributed by atoms with Gasteiger partial charge in [-0.15, -0.1) is 0 Å². The summed E-state index contributed by atoms with van der Waals surface area (Å²) in [5.74, 6) is 0.211. The Morgan fingerprint density at radius 1 is 1.33 bits per heavy atom. The molecule has 0 unspecified atom stereocenters. The van der Waals surface area contributed by atoms with Crippen LogP contribution in [0.5, 0.6) is 0 Å². The van der Waals surface area contributed by atoms with Crippen LogP contribution >= 0.6 is 15.9 Å². The normalized spacial score (nSPS) is 10.8. The Morgan fingerprint density at radius 2 is 2.08 bits per heavy atom. The first kappa shape index (κ1) is 16.4. The van der Waals surface area contributed by atoms with Gasteiger partial charge in [0.15, 0.2) is 5.69 Å². The zero-order valence-electron chi connectivity index (χ0n) is 13.5. The van der Waals surface area contributed by atoms with Crippen molar-refractivity contribution in [2.24, 2.45) is 7.05 Å². The van der Waals surface area contributed by atoms with Crippen molar-refractivity contribution in [2.45, 2.75) is 19.8 Å². The maximum atomic E-state index is 12.3. The lowest BCUT2D eigenvalue weighted by Gasteiger charge is -2.06. The first-order chi connectivity index (χ1) is 11.6.